The molecule has 0 aliphatic rings. The predicted molar refractivity (Wildman–Crippen MR) is 89.3 cm³/mol. The smallest absolute Gasteiger partial charge is 0.235 e. The zero-order chi connectivity index (χ0) is 16.1. The van der Waals surface area contributed by atoms with Gasteiger partial charge in [0, 0.05) is 13.1 Å². The van der Waals surface area contributed by atoms with Gasteiger partial charge in [-0.25, -0.2) is 0 Å². The molecular formula is C16H22N4OS. The van der Waals surface area contributed by atoms with Crippen LogP contribution in [0.5, 0.6) is 0 Å². The number of benzene rings is 1. The first-order valence-corrected chi connectivity index (χ1v) is 8.37. The molecule has 6 heteroatoms. The van der Waals surface area contributed by atoms with Gasteiger partial charge in [0.15, 0.2) is 5.16 Å². The summed E-state index contributed by atoms with van der Waals surface area (Å²) >= 11 is 1.45. The SMILES string of the molecule is CCN(CC)C(=O)C(C)Sc1nncn1-c1ccccc1C. The van der Waals surface area contributed by atoms with E-state index in [1.807, 2.05) is 61.4 Å². The van der Waals surface area contributed by atoms with Crippen LogP contribution >= 0.6 is 11.8 Å². The molecule has 0 aliphatic heterocycles. The van der Waals surface area contributed by atoms with Crippen molar-refractivity contribution >= 4 is 17.7 Å². The molecule has 22 heavy (non-hydrogen) atoms. The van der Waals surface area contributed by atoms with Crippen LogP contribution < -0.4 is 0 Å². The molecule has 1 amide bonds. The Hall–Kier alpha value is -1.82. The summed E-state index contributed by atoms with van der Waals surface area (Å²) in [6.45, 7) is 9.41. The lowest BCUT2D eigenvalue weighted by Crippen LogP contribution is -2.36. The van der Waals surface area contributed by atoms with Gasteiger partial charge >= 0.3 is 0 Å². The number of hydrogen-bond donors (Lipinski definition) is 0. The average molecular weight is 318 g/mol. The Morgan fingerprint density at radius 1 is 1.32 bits per heavy atom. The largest absolute Gasteiger partial charge is 0.342 e. The van der Waals surface area contributed by atoms with Gasteiger partial charge < -0.3 is 4.90 Å². The standard InChI is InChI=1S/C16H22N4OS/c1-5-19(6-2)15(21)13(4)22-16-18-17-11-20(16)14-10-8-7-9-12(14)3/h7-11,13H,5-6H2,1-4H3. The van der Waals surface area contributed by atoms with Crippen molar-refractivity contribution in [2.24, 2.45) is 0 Å². The minimum Gasteiger partial charge on any atom is -0.342 e. The van der Waals surface area contributed by atoms with E-state index >= 15 is 0 Å². The van der Waals surface area contributed by atoms with Crippen molar-refractivity contribution in [1.82, 2.24) is 19.7 Å². The molecule has 0 radical (unpaired) electrons. The highest BCUT2D eigenvalue weighted by Gasteiger charge is 2.22. The predicted octanol–water partition coefficient (Wildman–Crippen LogP) is 2.92. The van der Waals surface area contributed by atoms with Crippen LogP contribution in [0.1, 0.15) is 26.3 Å². The van der Waals surface area contributed by atoms with E-state index in [9.17, 15) is 4.79 Å². The molecule has 118 valence electrons. The zero-order valence-corrected chi connectivity index (χ0v) is 14.3. The molecule has 2 rings (SSSR count). The number of rotatable bonds is 6. The van der Waals surface area contributed by atoms with Crippen molar-refractivity contribution in [1.29, 1.82) is 0 Å². The Balaban J connectivity index is 2.20. The van der Waals surface area contributed by atoms with E-state index in [1.165, 1.54) is 11.8 Å². The summed E-state index contributed by atoms with van der Waals surface area (Å²) in [6, 6.07) is 8.07. The van der Waals surface area contributed by atoms with Crippen LogP contribution in [-0.2, 0) is 4.79 Å². The molecule has 0 bridgehead atoms. The Bertz CT molecular complexity index is 637. The molecule has 1 aromatic carbocycles. The first-order chi connectivity index (χ1) is 10.6. The fourth-order valence-corrected chi connectivity index (χ4v) is 3.22. The molecule has 0 saturated carbocycles. The molecule has 0 N–H and O–H groups in total. The van der Waals surface area contributed by atoms with Crippen LogP contribution in [0.25, 0.3) is 5.69 Å². The second kappa shape index (κ2) is 7.45. The maximum absolute atomic E-state index is 12.4. The third-order valence-electron chi connectivity index (χ3n) is 3.60. The quantitative estimate of drug-likeness (QED) is 0.769. The van der Waals surface area contributed by atoms with Crippen molar-refractivity contribution in [2.75, 3.05) is 13.1 Å². The normalized spacial score (nSPS) is 12.2. The molecular weight excluding hydrogens is 296 g/mol. The van der Waals surface area contributed by atoms with E-state index < -0.39 is 0 Å². The van der Waals surface area contributed by atoms with E-state index in [0.717, 1.165) is 29.5 Å². The molecule has 0 fully saturated rings. The summed E-state index contributed by atoms with van der Waals surface area (Å²) in [6.07, 6.45) is 1.69. The highest BCUT2D eigenvalue weighted by atomic mass is 32.2. The molecule has 1 atom stereocenters. The van der Waals surface area contributed by atoms with Crippen LogP contribution in [0.15, 0.2) is 35.7 Å². The summed E-state index contributed by atoms with van der Waals surface area (Å²) in [5.41, 5.74) is 2.18. The summed E-state index contributed by atoms with van der Waals surface area (Å²) < 4.78 is 1.94. The van der Waals surface area contributed by atoms with Gasteiger partial charge in [-0.2, -0.15) is 0 Å². The number of amides is 1. The Labute approximate surface area is 135 Å². The van der Waals surface area contributed by atoms with Crippen LogP contribution in [0.3, 0.4) is 0 Å². The van der Waals surface area contributed by atoms with Crippen molar-refractivity contribution < 1.29 is 4.79 Å². The molecule has 5 nitrogen and oxygen atoms in total. The van der Waals surface area contributed by atoms with Crippen LogP contribution in [0.2, 0.25) is 0 Å². The maximum Gasteiger partial charge on any atom is 0.235 e. The van der Waals surface area contributed by atoms with E-state index in [1.54, 1.807) is 6.33 Å². The van der Waals surface area contributed by atoms with E-state index in [4.69, 9.17) is 0 Å². The molecule has 0 saturated heterocycles. The summed E-state index contributed by atoms with van der Waals surface area (Å²) in [4.78, 5) is 14.2. The Kier molecular flexibility index (Phi) is 5.60. The van der Waals surface area contributed by atoms with Gasteiger partial charge in [-0.1, -0.05) is 30.0 Å². The molecule has 1 aromatic heterocycles. The number of carbonyl (C=O) groups excluding carboxylic acids is 1. The van der Waals surface area contributed by atoms with Crippen LogP contribution in [0, 0.1) is 6.92 Å². The van der Waals surface area contributed by atoms with Crippen LogP contribution in [-0.4, -0.2) is 43.9 Å². The number of carbonyl (C=O) groups is 1. The lowest BCUT2D eigenvalue weighted by molar-refractivity contribution is -0.129. The average Bonchev–Trinajstić information content (AvgIpc) is 2.96. The van der Waals surface area contributed by atoms with E-state index in [-0.39, 0.29) is 11.2 Å². The molecule has 0 aliphatic carbocycles. The Morgan fingerprint density at radius 3 is 2.64 bits per heavy atom. The molecule has 1 heterocycles. The van der Waals surface area contributed by atoms with Crippen molar-refractivity contribution in [3.05, 3.63) is 36.2 Å². The number of para-hydroxylation sites is 1. The molecule has 2 aromatic rings. The molecule has 0 spiro atoms. The Morgan fingerprint density at radius 2 is 2.00 bits per heavy atom. The number of thioether (sulfide) groups is 1. The monoisotopic (exact) mass is 318 g/mol. The highest BCUT2D eigenvalue weighted by molar-refractivity contribution is 8.00. The van der Waals surface area contributed by atoms with Gasteiger partial charge in [-0.3, -0.25) is 9.36 Å². The molecule has 1 unspecified atom stereocenters. The minimum atomic E-state index is -0.188. The van der Waals surface area contributed by atoms with Crippen LogP contribution in [0.4, 0.5) is 0 Å². The lowest BCUT2D eigenvalue weighted by atomic mass is 10.2. The highest BCUT2D eigenvalue weighted by Crippen LogP contribution is 2.26. The van der Waals surface area contributed by atoms with E-state index in [0.29, 0.717) is 0 Å². The van der Waals surface area contributed by atoms with Gasteiger partial charge in [-0.15, -0.1) is 10.2 Å². The second-order valence-corrected chi connectivity index (χ2v) is 6.35. The topological polar surface area (TPSA) is 51.0 Å². The fourth-order valence-electron chi connectivity index (χ4n) is 2.30. The summed E-state index contributed by atoms with van der Waals surface area (Å²) in [7, 11) is 0. The summed E-state index contributed by atoms with van der Waals surface area (Å²) in [5, 5.41) is 8.73. The minimum absolute atomic E-state index is 0.134. The van der Waals surface area contributed by atoms with E-state index in [2.05, 4.69) is 10.2 Å². The maximum atomic E-state index is 12.4. The second-order valence-electron chi connectivity index (χ2n) is 5.04. The van der Waals surface area contributed by atoms with Gasteiger partial charge in [0.25, 0.3) is 0 Å². The van der Waals surface area contributed by atoms with Gasteiger partial charge in [0.1, 0.15) is 6.33 Å². The fraction of sp³-hybridized carbons (Fsp3) is 0.438. The summed E-state index contributed by atoms with van der Waals surface area (Å²) in [5.74, 6) is 0.134. The number of aryl methyl sites for hydroxylation is 1. The van der Waals surface area contributed by atoms with Crippen molar-refractivity contribution in [3.63, 3.8) is 0 Å². The third kappa shape index (κ3) is 3.50. The number of aromatic nitrogens is 3. The van der Waals surface area contributed by atoms with Crippen molar-refractivity contribution in [2.45, 2.75) is 38.1 Å². The zero-order valence-electron chi connectivity index (χ0n) is 13.5. The van der Waals surface area contributed by atoms with Crippen molar-refractivity contribution in [3.8, 4) is 5.69 Å². The lowest BCUT2D eigenvalue weighted by Gasteiger charge is -2.22. The van der Waals surface area contributed by atoms with Gasteiger partial charge in [0.2, 0.25) is 5.91 Å². The first kappa shape index (κ1) is 16.5. The third-order valence-corrected chi connectivity index (χ3v) is 4.64. The number of nitrogens with zero attached hydrogens (tertiary/aromatic N) is 4. The first-order valence-electron chi connectivity index (χ1n) is 7.49. The van der Waals surface area contributed by atoms with Gasteiger partial charge in [-0.05, 0) is 39.3 Å². The van der Waals surface area contributed by atoms with Gasteiger partial charge in [0.05, 0.1) is 10.9 Å². The number of hydrogen-bond acceptors (Lipinski definition) is 4.